The fourth-order valence-electron chi connectivity index (χ4n) is 2.91. The largest absolute Gasteiger partial charge is 0.480 e. The standard InChI is InChI=1S/C21H22N2O4/c1-4-16-10-19(24)27-20-13(2)18(8-7-17(16)20)26-14(3)21(25)23-12-15-6-5-9-22-11-15/h5-11,14H,4,12H2,1-3H3,(H,23,25)/t14-/m0/s1. The highest BCUT2D eigenvalue weighted by atomic mass is 16.5. The lowest BCUT2D eigenvalue weighted by molar-refractivity contribution is -0.127. The number of carbonyl (C=O) groups excluding carboxylic acids is 1. The van der Waals surface area contributed by atoms with Gasteiger partial charge in [0.2, 0.25) is 0 Å². The van der Waals surface area contributed by atoms with Crippen LogP contribution in [0.1, 0.15) is 30.5 Å². The minimum absolute atomic E-state index is 0.234. The van der Waals surface area contributed by atoms with Crippen LogP contribution >= 0.6 is 0 Å². The Morgan fingerprint density at radius 2 is 2.15 bits per heavy atom. The first-order chi connectivity index (χ1) is 13.0. The number of carbonyl (C=O) groups is 1. The molecule has 0 unspecified atom stereocenters. The highest BCUT2D eigenvalue weighted by molar-refractivity contribution is 5.85. The summed E-state index contributed by atoms with van der Waals surface area (Å²) in [6.07, 6.45) is 3.42. The Bertz CT molecular complexity index is 1010. The summed E-state index contributed by atoms with van der Waals surface area (Å²) in [5.74, 6) is 0.282. The second-order valence-corrected chi connectivity index (χ2v) is 6.35. The zero-order chi connectivity index (χ0) is 19.4. The van der Waals surface area contributed by atoms with Crippen LogP contribution in [0.2, 0.25) is 0 Å². The number of fused-ring (bicyclic) bond motifs is 1. The molecule has 2 aromatic heterocycles. The molecule has 1 amide bonds. The molecule has 0 saturated carbocycles. The summed E-state index contributed by atoms with van der Waals surface area (Å²) >= 11 is 0. The third-order valence-electron chi connectivity index (χ3n) is 4.44. The second kappa shape index (κ2) is 8.03. The molecule has 6 heteroatoms. The monoisotopic (exact) mass is 366 g/mol. The van der Waals surface area contributed by atoms with Gasteiger partial charge in [-0.3, -0.25) is 9.78 Å². The molecule has 6 nitrogen and oxygen atoms in total. The van der Waals surface area contributed by atoms with Gasteiger partial charge in [-0.05, 0) is 49.6 Å². The van der Waals surface area contributed by atoms with Crippen LogP contribution in [0.4, 0.5) is 0 Å². The van der Waals surface area contributed by atoms with E-state index in [0.717, 1.165) is 22.9 Å². The average Bonchev–Trinajstić information content (AvgIpc) is 2.68. The molecule has 0 aliphatic heterocycles. The zero-order valence-electron chi connectivity index (χ0n) is 15.6. The number of hydrogen-bond donors (Lipinski definition) is 1. The number of ether oxygens (including phenoxy) is 1. The first-order valence-electron chi connectivity index (χ1n) is 8.89. The minimum Gasteiger partial charge on any atom is -0.480 e. The van der Waals surface area contributed by atoms with Gasteiger partial charge >= 0.3 is 5.63 Å². The summed E-state index contributed by atoms with van der Waals surface area (Å²) in [7, 11) is 0. The van der Waals surface area contributed by atoms with Gasteiger partial charge in [0.25, 0.3) is 5.91 Å². The molecule has 0 aliphatic rings. The topological polar surface area (TPSA) is 81.4 Å². The molecule has 2 heterocycles. The molecular weight excluding hydrogens is 344 g/mol. The number of pyridine rings is 1. The van der Waals surface area contributed by atoms with Gasteiger partial charge in [-0.2, -0.15) is 0 Å². The molecule has 0 bridgehead atoms. The van der Waals surface area contributed by atoms with Crippen LogP contribution in [-0.4, -0.2) is 17.0 Å². The molecule has 0 spiro atoms. The molecule has 0 aliphatic carbocycles. The molecule has 1 atom stereocenters. The summed E-state index contributed by atoms with van der Waals surface area (Å²) in [6.45, 7) is 5.87. The molecular formula is C21H22N2O4. The van der Waals surface area contributed by atoms with Crippen LogP contribution in [-0.2, 0) is 17.8 Å². The van der Waals surface area contributed by atoms with E-state index in [0.29, 0.717) is 23.4 Å². The van der Waals surface area contributed by atoms with Crippen molar-refractivity contribution in [2.45, 2.75) is 39.8 Å². The third-order valence-corrected chi connectivity index (χ3v) is 4.44. The van der Waals surface area contributed by atoms with E-state index in [1.165, 1.54) is 6.07 Å². The highest BCUT2D eigenvalue weighted by Gasteiger charge is 2.17. The Labute approximate surface area is 157 Å². The number of hydrogen-bond acceptors (Lipinski definition) is 5. The maximum atomic E-state index is 12.3. The Morgan fingerprint density at radius 1 is 1.33 bits per heavy atom. The first-order valence-corrected chi connectivity index (χ1v) is 8.89. The lowest BCUT2D eigenvalue weighted by Crippen LogP contribution is -2.36. The van der Waals surface area contributed by atoms with Crippen molar-refractivity contribution in [3.05, 3.63) is 69.8 Å². The van der Waals surface area contributed by atoms with Gasteiger partial charge in [-0.1, -0.05) is 13.0 Å². The molecule has 1 aromatic carbocycles. The lowest BCUT2D eigenvalue weighted by atomic mass is 10.0. The maximum Gasteiger partial charge on any atom is 0.336 e. The van der Waals surface area contributed by atoms with Crippen molar-refractivity contribution in [1.82, 2.24) is 10.3 Å². The van der Waals surface area contributed by atoms with Gasteiger partial charge < -0.3 is 14.5 Å². The van der Waals surface area contributed by atoms with Crippen LogP contribution in [0.3, 0.4) is 0 Å². The predicted molar refractivity (Wildman–Crippen MR) is 103 cm³/mol. The summed E-state index contributed by atoms with van der Waals surface area (Å²) in [4.78, 5) is 28.1. The average molecular weight is 366 g/mol. The van der Waals surface area contributed by atoms with Crippen LogP contribution in [0.25, 0.3) is 11.0 Å². The Hall–Kier alpha value is -3.15. The molecule has 140 valence electrons. The molecule has 0 radical (unpaired) electrons. The van der Waals surface area contributed by atoms with Crippen LogP contribution < -0.4 is 15.7 Å². The number of amides is 1. The molecule has 0 fully saturated rings. The van der Waals surface area contributed by atoms with Crippen molar-refractivity contribution in [3.63, 3.8) is 0 Å². The third kappa shape index (κ3) is 4.16. The molecule has 3 aromatic rings. The van der Waals surface area contributed by atoms with Crippen LogP contribution in [0, 0.1) is 6.92 Å². The van der Waals surface area contributed by atoms with E-state index >= 15 is 0 Å². The fraction of sp³-hybridized carbons (Fsp3) is 0.286. The number of nitrogens with one attached hydrogen (secondary N) is 1. The van der Waals surface area contributed by atoms with E-state index in [1.54, 1.807) is 19.3 Å². The van der Waals surface area contributed by atoms with E-state index in [2.05, 4.69) is 10.3 Å². The number of nitrogens with zero attached hydrogens (tertiary/aromatic N) is 1. The summed E-state index contributed by atoms with van der Waals surface area (Å²) < 4.78 is 11.2. The van der Waals surface area contributed by atoms with Crippen molar-refractivity contribution in [1.29, 1.82) is 0 Å². The molecule has 0 saturated heterocycles. The maximum absolute atomic E-state index is 12.3. The minimum atomic E-state index is -0.695. The van der Waals surface area contributed by atoms with Gasteiger partial charge in [0, 0.05) is 36.0 Å². The van der Waals surface area contributed by atoms with Gasteiger partial charge in [-0.15, -0.1) is 0 Å². The quantitative estimate of drug-likeness (QED) is 0.678. The van der Waals surface area contributed by atoms with E-state index < -0.39 is 6.10 Å². The van der Waals surface area contributed by atoms with Crippen LogP contribution in [0.15, 0.2) is 51.9 Å². The Balaban J connectivity index is 1.76. The summed E-state index contributed by atoms with van der Waals surface area (Å²) in [5, 5.41) is 3.71. The van der Waals surface area contributed by atoms with Crippen molar-refractivity contribution in [2.24, 2.45) is 0 Å². The van der Waals surface area contributed by atoms with Crippen molar-refractivity contribution in [2.75, 3.05) is 0 Å². The highest BCUT2D eigenvalue weighted by Crippen LogP contribution is 2.29. The van der Waals surface area contributed by atoms with Gasteiger partial charge in [-0.25, -0.2) is 4.79 Å². The predicted octanol–water partition coefficient (Wildman–Crippen LogP) is 3.14. The van der Waals surface area contributed by atoms with E-state index in [-0.39, 0.29) is 11.5 Å². The van der Waals surface area contributed by atoms with Crippen LogP contribution in [0.5, 0.6) is 5.75 Å². The molecule has 27 heavy (non-hydrogen) atoms. The number of benzene rings is 1. The smallest absolute Gasteiger partial charge is 0.336 e. The van der Waals surface area contributed by atoms with Gasteiger partial charge in [0.05, 0.1) is 0 Å². The van der Waals surface area contributed by atoms with E-state index in [9.17, 15) is 9.59 Å². The summed E-state index contributed by atoms with van der Waals surface area (Å²) in [5.41, 5.74) is 2.65. The Kier molecular flexibility index (Phi) is 5.54. The Morgan fingerprint density at radius 3 is 2.85 bits per heavy atom. The number of rotatable bonds is 6. The molecule has 1 N–H and O–H groups in total. The van der Waals surface area contributed by atoms with E-state index in [4.69, 9.17) is 9.15 Å². The summed E-state index contributed by atoms with van der Waals surface area (Å²) in [6, 6.07) is 8.88. The number of aryl methyl sites for hydroxylation is 2. The fourth-order valence-corrected chi connectivity index (χ4v) is 2.91. The van der Waals surface area contributed by atoms with Crippen molar-refractivity contribution in [3.8, 4) is 5.75 Å². The zero-order valence-corrected chi connectivity index (χ0v) is 15.6. The van der Waals surface area contributed by atoms with E-state index in [1.807, 2.05) is 38.1 Å². The SMILES string of the molecule is CCc1cc(=O)oc2c(C)c(O[C@@H](C)C(=O)NCc3cccnc3)ccc12. The van der Waals surface area contributed by atoms with Gasteiger partial charge in [0.15, 0.2) is 6.10 Å². The first kappa shape index (κ1) is 18.6. The lowest BCUT2D eigenvalue weighted by Gasteiger charge is -2.17. The normalized spacial score (nSPS) is 12.0. The number of aromatic nitrogens is 1. The second-order valence-electron chi connectivity index (χ2n) is 6.35. The molecule has 3 rings (SSSR count). The van der Waals surface area contributed by atoms with Gasteiger partial charge in [0.1, 0.15) is 11.3 Å². The van der Waals surface area contributed by atoms with Crippen molar-refractivity contribution >= 4 is 16.9 Å². The van der Waals surface area contributed by atoms with Crippen molar-refractivity contribution < 1.29 is 13.9 Å².